The summed E-state index contributed by atoms with van der Waals surface area (Å²) in [6, 6.07) is 7.98. The second-order valence-electron chi connectivity index (χ2n) is 4.38. The molecule has 0 saturated carbocycles. The number of carbonyl (C=O) groups excluding carboxylic acids is 1. The molecule has 4 nitrogen and oxygen atoms in total. The largest absolute Gasteiger partial charge is 0.396 e. The van der Waals surface area contributed by atoms with Crippen LogP contribution < -0.4 is 5.32 Å². The molecule has 2 aromatic rings. The van der Waals surface area contributed by atoms with Gasteiger partial charge in [-0.1, -0.05) is 18.2 Å². The van der Waals surface area contributed by atoms with Gasteiger partial charge in [-0.15, -0.1) is 0 Å². The Kier molecular flexibility index (Phi) is 3.99. The Hall–Kier alpha value is -1.81. The van der Waals surface area contributed by atoms with E-state index in [1.54, 1.807) is 0 Å². The topological polar surface area (TPSA) is 65.1 Å². The number of aromatic amines is 1. The van der Waals surface area contributed by atoms with Gasteiger partial charge in [-0.05, 0) is 25.0 Å². The Morgan fingerprint density at radius 2 is 2.17 bits per heavy atom. The predicted octanol–water partition coefficient (Wildman–Crippen LogP) is 1.52. The van der Waals surface area contributed by atoms with Gasteiger partial charge >= 0.3 is 0 Å². The zero-order valence-corrected chi connectivity index (χ0v) is 10.5. The Bertz CT molecular complexity index is 546. The van der Waals surface area contributed by atoms with E-state index in [1.807, 2.05) is 31.2 Å². The minimum atomic E-state index is -0.00342. The molecule has 0 aliphatic carbocycles. The number of aryl methyl sites for hydroxylation is 1. The number of carbonyl (C=O) groups is 1. The molecule has 2 rings (SSSR count). The van der Waals surface area contributed by atoms with Gasteiger partial charge in [0.2, 0.25) is 5.91 Å². The standard InChI is InChI=1S/C14H18N2O2/c1-10-12(9-14(18)15-7-4-8-17)11-5-2-3-6-13(11)16-10/h2-3,5-6,16-17H,4,7-9H2,1H3,(H,15,18). The van der Waals surface area contributed by atoms with Gasteiger partial charge in [0, 0.05) is 29.7 Å². The highest BCUT2D eigenvalue weighted by Crippen LogP contribution is 2.22. The molecule has 0 unspecified atom stereocenters. The summed E-state index contributed by atoms with van der Waals surface area (Å²) in [5.74, 6) is -0.00342. The maximum absolute atomic E-state index is 11.8. The molecular weight excluding hydrogens is 228 g/mol. The van der Waals surface area contributed by atoms with Crippen molar-refractivity contribution < 1.29 is 9.90 Å². The van der Waals surface area contributed by atoms with Crippen molar-refractivity contribution in [3.8, 4) is 0 Å². The number of fused-ring (bicyclic) bond motifs is 1. The van der Waals surface area contributed by atoms with Crippen molar-refractivity contribution in [2.24, 2.45) is 0 Å². The lowest BCUT2D eigenvalue weighted by atomic mass is 10.1. The number of hydrogen-bond donors (Lipinski definition) is 3. The first-order valence-electron chi connectivity index (χ1n) is 6.16. The fourth-order valence-electron chi connectivity index (χ4n) is 2.09. The Balaban J connectivity index is 2.11. The number of aliphatic hydroxyl groups excluding tert-OH is 1. The third-order valence-corrected chi connectivity index (χ3v) is 3.02. The van der Waals surface area contributed by atoms with Crippen molar-refractivity contribution in [1.29, 1.82) is 0 Å². The summed E-state index contributed by atoms with van der Waals surface area (Å²) < 4.78 is 0. The van der Waals surface area contributed by atoms with Gasteiger partial charge in [0.15, 0.2) is 0 Å². The molecule has 0 radical (unpaired) electrons. The van der Waals surface area contributed by atoms with Crippen LogP contribution in [0.15, 0.2) is 24.3 Å². The SMILES string of the molecule is Cc1[nH]c2ccccc2c1CC(=O)NCCCO. The lowest BCUT2D eigenvalue weighted by molar-refractivity contribution is -0.120. The van der Waals surface area contributed by atoms with Crippen LogP contribution in [-0.4, -0.2) is 29.1 Å². The van der Waals surface area contributed by atoms with E-state index in [0.29, 0.717) is 19.4 Å². The molecule has 96 valence electrons. The van der Waals surface area contributed by atoms with Crippen LogP contribution in [0.3, 0.4) is 0 Å². The van der Waals surface area contributed by atoms with Crippen molar-refractivity contribution in [3.63, 3.8) is 0 Å². The molecule has 1 aromatic heterocycles. The summed E-state index contributed by atoms with van der Waals surface area (Å²) in [6.45, 7) is 2.61. The molecule has 0 fully saturated rings. The third-order valence-electron chi connectivity index (χ3n) is 3.02. The van der Waals surface area contributed by atoms with Crippen LogP contribution in [0.5, 0.6) is 0 Å². The van der Waals surface area contributed by atoms with Crippen LogP contribution in [0, 0.1) is 6.92 Å². The maximum Gasteiger partial charge on any atom is 0.224 e. The Morgan fingerprint density at radius 1 is 1.39 bits per heavy atom. The second kappa shape index (κ2) is 5.69. The highest BCUT2D eigenvalue weighted by Gasteiger charge is 2.11. The zero-order chi connectivity index (χ0) is 13.0. The summed E-state index contributed by atoms with van der Waals surface area (Å²) in [4.78, 5) is 15.1. The normalized spacial score (nSPS) is 10.8. The molecule has 0 saturated heterocycles. The number of aliphatic hydroxyl groups is 1. The summed E-state index contributed by atoms with van der Waals surface area (Å²) in [6.07, 6.45) is 0.972. The highest BCUT2D eigenvalue weighted by molar-refractivity contribution is 5.90. The number of benzene rings is 1. The van der Waals surface area contributed by atoms with Crippen molar-refractivity contribution >= 4 is 16.8 Å². The van der Waals surface area contributed by atoms with E-state index in [1.165, 1.54) is 0 Å². The molecule has 0 aliphatic heterocycles. The van der Waals surface area contributed by atoms with E-state index >= 15 is 0 Å². The van der Waals surface area contributed by atoms with Gasteiger partial charge in [-0.2, -0.15) is 0 Å². The molecule has 4 heteroatoms. The van der Waals surface area contributed by atoms with Gasteiger partial charge in [0.25, 0.3) is 0 Å². The van der Waals surface area contributed by atoms with Crippen LogP contribution in [0.25, 0.3) is 10.9 Å². The third kappa shape index (κ3) is 2.71. The molecule has 18 heavy (non-hydrogen) atoms. The molecule has 3 N–H and O–H groups in total. The van der Waals surface area contributed by atoms with Crippen LogP contribution in [-0.2, 0) is 11.2 Å². The summed E-state index contributed by atoms with van der Waals surface area (Å²) >= 11 is 0. The molecular formula is C14H18N2O2. The molecule has 0 bridgehead atoms. The smallest absolute Gasteiger partial charge is 0.224 e. The van der Waals surface area contributed by atoms with Gasteiger partial charge in [-0.3, -0.25) is 4.79 Å². The number of aromatic nitrogens is 1. The van der Waals surface area contributed by atoms with E-state index in [9.17, 15) is 4.79 Å². The Labute approximate surface area is 106 Å². The number of H-pyrrole nitrogens is 1. The van der Waals surface area contributed by atoms with Crippen molar-refractivity contribution in [2.45, 2.75) is 19.8 Å². The van der Waals surface area contributed by atoms with E-state index in [-0.39, 0.29) is 12.5 Å². The Morgan fingerprint density at radius 3 is 2.94 bits per heavy atom. The van der Waals surface area contributed by atoms with E-state index in [2.05, 4.69) is 10.3 Å². The van der Waals surface area contributed by atoms with Crippen molar-refractivity contribution in [3.05, 3.63) is 35.5 Å². The molecule has 0 spiro atoms. The molecule has 0 atom stereocenters. The van der Waals surface area contributed by atoms with Gasteiger partial charge in [0.05, 0.1) is 6.42 Å². The fraction of sp³-hybridized carbons (Fsp3) is 0.357. The molecule has 1 amide bonds. The quantitative estimate of drug-likeness (QED) is 0.700. The lowest BCUT2D eigenvalue weighted by Crippen LogP contribution is -2.26. The molecule has 0 aliphatic rings. The van der Waals surface area contributed by atoms with E-state index in [4.69, 9.17) is 5.11 Å². The summed E-state index contributed by atoms with van der Waals surface area (Å²) in [5, 5.41) is 12.6. The minimum Gasteiger partial charge on any atom is -0.396 e. The number of nitrogens with one attached hydrogen (secondary N) is 2. The number of para-hydroxylation sites is 1. The van der Waals surface area contributed by atoms with Crippen LogP contribution >= 0.6 is 0 Å². The fourth-order valence-corrected chi connectivity index (χ4v) is 2.09. The van der Waals surface area contributed by atoms with Crippen LogP contribution in [0.4, 0.5) is 0 Å². The van der Waals surface area contributed by atoms with Gasteiger partial charge in [0.1, 0.15) is 0 Å². The summed E-state index contributed by atoms with van der Waals surface area (Å²) in [5.41, 5.74) is 3.15. The number of hydrogen-bond acceptors (Lipinski definition) is 2. The maximum atomic E-state index is 11.8. The number of rotatable bonds is 5. The van der Waals surface area contributed by atoms with Crippen LogP contribution in [0.1, 0.15) is 17.7 Å². The van der Waals surface area contributed by atoms with E-state index < -0.39 is 0 Å². The van der Waals surface area contributed by atoms with Gasteiger partial charge in [-0.25, -0.2) is 0 Å². The summed E-state index contributed by atoms with van der Waals surface area (Å²) in [7, 11) is 0. The van der Waals surface area contributed by atoms with Crippen molar-refractivity contribution in [2.75, 3.05) is 13.2 Å². The first kappa shape index (κ1) is 12.6. The predicted molar refractivity (Wildman–Crippen MR) is 71.5 cm³/mol. The van der Waals surface area contributed by atoms with Gasteiger partial charge < -0.3 is 15.4 Å². The molecule has 1 aromatic carbocycles. The first-order chi connectivity index (χ1) is 8.72. The highest BCUT2D eigenvalue weighted by atomic mass is 16.3. The lowest BCUT2D eigenvalue weighted by Gasteiger charge is -2.04. The van der Waals surface area contributed by atoms with E-state index in [0.717, 1.165) is 22.2 Å². The zero-order valence-electron chi connectivity index (χ0n) is 10.5. The average Bonchev–Trinajstić information content (AvgIpc) is 2.67. The average molecular weight is 246 g/mol. The number of amides is 1. The van der Waals surface area contributed by atoms with Crippen LogP contribution in [0.2, 0.25) is 0 Å². The minimum absolute atomic E-state index is 0.00342. The first-order valence-corrected chi connectivity index (χ1v) is 6.16. The van der Waals surface area contributed by atoms with Crippen molar-refractivity contribution in [1.82, 2.24) is 10.3 Å². The molecule has 1 heterocycles. The monoisotopic (exact) mass is 246 g/mol. The second-order valence-corrected chi connectivity index (χ2v) is 4.38.